The van der Waals surface area contributed by atoms with Crippen molar-refractivity contribution in [2.45, 2.75) is 27.3 Å². The van der Waals surface area contributed by atoms with E-state index in [-0.39, 0.29) is 17.2 Å². The highest BCUT2D eigenvalue weighted by Gasteiger charge is 2.22. The van der Waals surface area contributed by atoms with E-state index in [4.69, 9.17) is 16.3 Å². The number of methoxy groups -OCH3 is 1. The Morgan fingerprint density at radius 3 is 2.62 bits per heavy atom. The average Bonchev–Trinajstić information content (AvgIpc) is 3.17. The van der Waals surface area contributed by atoms with Crippen molar-refractivity contribution in [1.82, 2.24) is 23.1 Å². The first-order chi connectivity index (χ1) is 13.7. The molecule has 3 aromatic heterocycles. The third-order valence-corrected chi connectivity index (χ3v) is 5.19. The lowest BCUT2D eigenvalue weighted by Gasteiger charge is -2.11. The van der Waals surface area contributed by atoms with Crippen molar-refractivity contribution in [2.75, 3.05) is 7.11 Å². The summed E-state index contributed by atoms with van der Waals surface area (Å²) in [6, 6.07) is 5.31. The van der Waals surface area contributed by atoms with Crippen LogP contribution < -0.4 is 16.0 Å². The van der Waals surface area contributed by atoms with Gasteiger partial charge in [-0.05, 0) is 31.0 Å². The van der Waals surface area contributed by atoms with Gasteiger partial charge in [0.15, 0.2) is 11.2 Å². The van der Waals surface area contributed by atoms with E-state index in [1.54, 1.807) is 36.8 Å². The second-order valence-electron chi connectivity index (χ2n) is 7.53. The third-order valence-electron chi connectivity index (χ3n) is 4.96. The van der Waals surface area contributed by atoms with Crippen LogP contribution in [0.2, 0.25) is 5.02 Å². The molecule has 0 saturated heterocycles. The maximum Gasteiger partial charge on any atom is 0.332 e. The molecular weight excluding hydrogens is 394 g/mol. The number of nitrogens with zero attached hydrogens (tertiary/aromatic N) is 5. The molecule has 0 saturated carbocycles. The van der Waals surface area contributed by atoms with Gasteiger partial charge in [-0.3, -0.25) is 22.9 Å². The predicted octanol–water partition coefficient (Wildman–Crippen LogP) is 2.77. The van der Waals surface area contributed by atoms with E-state index < -0.39 is 0 Å². The molecule has 0 spiro atoms. The number of aryl methyl sites for hydroxylation is 2. The van der Waals surface area contributed by atoms with Crippen LogP contribution in [0.3, 0.4) is 0 Å². The molecule has 152 valence electrons. The number of hydrogen-bond donors (Lipinski definition) is 0. The first kappa shape index (κ1) is 19.3. The lowest BCUT2D eigenvalue weighted by atomic mass is 10.2. The Bertz CT molecular complexity index is 1370. The van der Waals surface area contributed by atoms with E-state index in [1.807, 2.05) is 31.5 Å². The van der Waals surface area contributed by atoms with Gasteiger partial charge in [0, 0.05) is 30.5 Å². The van der Waals surface area contributed by atoms with Crippen molar-refractivity contribution in [3.05, 3.63) is 56.0 Å². The number of imidazole rings is 2. The molecule has 0 radical (unpaired) electrons. The average molecular weight is 416 g/mol. The summed E-state index contributed by atoms with van der Waals surface area (Å²) in [5.41, 5.74) is 1.53. The lowest BCUT2D eigenvalue weighted by molar-refractivity contribution is 0.413. The van der Waals surface area contributed by atoms with Crippen LogP contribution in [0.4, 0.5) is 0 Å². The van der Waals surface area contributed by atoms with Gasteiger partial charge in [0.2, 0.25) is 5.78 Å². The zero-order chi connectivity index (χ0) is 21.0. The minimum absolute atomic E-state index is 0.156. The monoisotopic (exact) mass is 415 g/mol. The van der Waals surface area contributed by atoms with E-state index in [1.165, 1.54) is 9.13 Å². The van der Waals surface area contributed by atoms with E-state index in [2.05, 4.69) is 4.98 Å². The highest BCUT2D eigenvalue weighted by Crippen LogP contribution is 2.30. The Kier molecular flexibility index (Phi) is 4.53. The minimum Gasteiger partial charge on any atom is -0.495 e. The van der Waals surface area contributed by atoms with Crippen molar-refractivity contribution < 1.29 is 4.74 Å². The van der Waals surface area contributed by atoms with Crippen molar-refractivity contribution >= 4 is 28.5 Å². The number of hydrogen-bond acceptors (Lipinski definition) is 4. The Morgan fingerprint density at radius 1 is 1.24 bits per heavy atom. The van der Waals surface area contributed by atoms with Crippen LogP contribution in [-0.4, -0.2) is 30.2 Å². The molecule has 0 aliphatic rings. The van der Waals surface area contributed by atoms with Crippen molar-refractivity contribution in [2.24, 2.45) is 13.0 Å². The summed E-state index contributed by atoms with van der Waals surface area (Å²) in [4.78, 5) is 30.6. The van der Waals surface area contributed by atoms with Crippen LogP contribution in [0.25, 0.3) is 22.6 Å². The fourth-order valence-electron chi connectivity index (χ4n) is 3.67. The van der Waals surface area contributed by atoms with Gasteiger partial charge in [-0.15, -0.1) is 0 Å². The molecule has 0 bridgehead atoms. The first-order valence-electron chi connectivity index (χ1n) is 9.28. The van der Waals surface area contributed by atoms with Gasteiger partial charge in [0.05, 0.1) is 12.8 Å². The van der Waals surface area contributed by atoms with Crippen molar-refractivity contribution in [3.8, 4) is 11.4 Å². The molecule has 0 N–H and O–H groups in total. The summed E-state index contributed by atoms with van der Waals surface area (Å²) in [5, 5.41) is 0.551. The van der Waals surface area contributed by atoms with Crippen LogP contribution in [-0.2, 0) is 13.6 Å². The lowest BCUT2D eigenvalue weighted by Crippen LogP contribution is -2.40. The summed E-state index contributed by atoms with van der Waals surface area (Å²) in [5.74, 6) is 1.28. The highest BCUT2D eigenvalue weighted by atomic mass is 35.5. The molecule has 0 aliphatic heterocycles. The number of fused-ring (bicyclic) bond motifs is 3. The maximum absolute atomic E-state index is 13.2. The van der Waals surface area contributed by atoms with E-state index in [0.29, 0.717) is 39.9 Å². The molecule has 29 heavy (non-hydrogen) atoms. The minimum atomic E-state index is -0.374. The molecule has 4 aromatic rings. The molecule has 0 unspecified atom stereocenters. The molecule has 0 atom stereocenters. The quantitative estimate of drug-likeness (QED) is 0.513. The van der Waals surface area contributed by atoms with Gasteiger partial charge in [-0.1, -0.05) is 25.4 Å². The van der Waals surface area contributed by atoms with Crippen LogP contribution in [0.1, 0.15) is 19.5 Å². The van der Waals surface area contributed by atoms with E-state index in [9.17, 15) is 9.59 Å². The number of halogens is 1. The molecule has 8 nitrogen and oxygen atoms in total. The van der Waals surface area contributed by atoms with Crippen LogP contribution in [0.15, 0.2) is 34.0 Å². The maximum atomic E-state index is 13.2. The SMILES string of the molecule is COc1ccc(Cl)cc1-n1c(C)cn2c3c(=O)n(CC(C)C)c(=O)n(C)c3nc12. The van der Waals surface area contributed by atoms with Crippen LogP contribution in [0.5, 0.6) is 5.75 Å². The fourth-order valence-corrected chi connectivity index (χ4v) is 3.84. The molecule has 4 rings (SSSR count). The van der Waals surface area contributed by atoms with Gasteiger partial charge < -0.3 is 4.74 Å². The number of benzene rings is 1. The first-order valence-corrected chi connectivity index (χ1v) is 9.66. The molecule has 1 aromatic carbocycles. The van der Waals surface area contributed by atoms with Gasteiger partial charge in [-0.2, -0.15) is 4.98 Å². The molecule has 0 amide bonds. The summed E-state index contributed by atoms with van der Waals surface area (Å²) in [6.07, 6.45) is 1.83. The topological polar surface area (TPSA) is 75.5 Å². The zero-order valence-corrected chi connectivity index (χ0v) is 17.7. The summed E-state index contributed by atoms with van der Waals surface area (Å²) < 4.78 is 11.8. The Morgan fingerprint density at radius 2 is 1.97 bits per heavy atom. The van der Waals surface area contributed by atoms with E-state index in [0.717, 1.165) is 5.69 Å². The second kappa shape index (κ2) is 6.81. The van der Waals surface area contributed by atoms with Crippen molar-refractivity contribution in [1.29, 1.82) is 0 Å². The van der Waals surface area contributed by atoms with Gasteiger partial charge >= 0.3 is 5.69 Å². The Labute approximate surface area is 171 Å². The molecule has 3 heterocycles. The number of ether oxygens (including phenoxy) is 1. The summed E-state index contributed by atoms with van der Waals surface area (Å²) in [7, 11) is 3.21. The van der Waals surface area contributed by atoms with E-state index >= 15 is 0 Å². The largest absolute Gasteiger partial charge is 0.495 e. The second-order valence-corrected chi connectivity index (χ2v) is 7.96. The molecular formula is C20H22ClN5O3. The standard InChI is InChI=1S/C20H22ClN5O3/c1-11(2)9-25-18(27)16-17(23(4)20(25)28)22-19-24(16)10-12(3)26(19)14-8-13(21)6-7-15(14)29-5/h6-8,10-11H,9H2,1-5H3. The summed E-state index contributed by atoms with van der Waals surface area (Å²) >= 11 is 6.22. The van der Waals surface area contributed by atoms with Crippen molar-refractivity contribution in [3.63, 3.8) is 0 Å². The normalized spacial score (nSPS) is 11.8. The van der Waals surface area contributed by atoms with Crippen LogP contribution in [0, 0.1) is 12.8 Å². The van der Waals surface area contributed by atoms with Gasteiger partial charge in [0.25, 0.3) is 5.56 Å². The predicted molar refractivity (Wildman–Crippen MR) is 113 cm³/mol. The molecule has 0 aliphatic carbocycles. The van der Waals surface area contributed by atoms with Crippen LogP contribution >= 0.6 is 11.6 Å². The number of rotatable bonds is 4. The molecule has 0 fully saturated rings. The van der Waals surface area contributed by atoms with Gasteiger partial charge in [-0.25, -0.2) is 4.79 Å². The smallest absolute Gasteiger partial charge is 0.332 e. The number of aromatic nitrogens is 5. The zero-order valence-electron chi connectivity index (χ0n) is 16.9. The third kappa shape index (κ3) is 2.86. The Hall–Kier alpha value is -3.00. The Balaban J connectivity index is 2.13. The summed E-state index contributed by atoms with van der Waals surface area (Å²) in [6.45, 7) is 6.19. The van der Waals surface area contributed by atoms with Gasteiger partial charge in [0.1, 0.15) is 5.75 Å². The fraction of sp³-hybridized carbons (Fsp3) is 0.350. The molecule has 9 heteroatoms. The highest BCUT2D eigenvalue weighted by molar-refractivity contribution is 6.30.